The molecule has 0 N–H and O–H groups in total. The number of allylic oxidation sites excluding steroid dienone is 2. The van der Waals surface area contributed by atoms with Gasteiger partial charge < -0.3 is 14.2 Å². The van der Waals surface area contributed by atoms with Crippen LogP contribution in [0.4, 0.5) is 0 Å². The standard InChI is InChI=1S/C16H22O3/c1-5-7-8-13-10-15(17-3)16(18-4)11-14(13)12-19-9-6-2/h5-7,10-11H,2,8-9,12H2,1,3-4H3/b7-5+. The van der Waals surface area contributed by atoms with Crippen molar-refractivity contribution in [1.29, 1.82) is 0 Å². The Balaban J connectivity index is 3.03. The van der Waals surface area contributed by atoms with Gasteiger partial charge in [0.05, 0.1) is 27.4 Å². The molecule has 0 aliphatic rings. The molecule has 0 atom stereocenters. The predicted molar refractivity (Wildman–Crippen MR) is 77.9 cm³/mol. The van der Waals surface area contributed by atoms with Crippen molar-refractivity contribution in [3.63, 3.8) is 0 Å². The number of hydrogen-bond acceptors (Lipinski definition) is 3. The third-order valence-electron chi connectivity index (χ3n) is 2.77. The van der Waals surface area contributed by atoms with E-state index < -0.39 is 0 Å². The molecular weight excluding hydrogens is 240 g/mol. The molecule has 3 heteroatoms. The lowest BCUT2D eigenvalue weighted by molar-refractivity contribution is 0.148. The number of benzene rings is 1. The Hall–Kier alpha value is -1.74. The Morgan fingerprint density at radius 1 is 1.11 bits per heavy atom. The first-order valence-corrected chi connectivity index (χ1v) is 6.30. The van der Waals surface area contributed by atoms with Crippen LogP contribution in [-0.4, -0.2) is 20.8 Å². The van der Waals surface area contributed by atoms with Gasteiger partial charge in [-0.1, -0.05) is 18.2 Å². The Morgan fingerprint density at radius 3 is 2.26 bits per heavy atom. The minimum absolute atomic E-state index is 0.539. The van der Waals surface area contributed by atoms with Crippen LogP contribution in [0.15, 0.2) is 36.9 Å². The van der Waals surface area contributed by atoms with E-state index in [1.54, 1.807) is 20.3 Å². The Kier molecular flexibility index (Phi) is 6.75. The zero-order valence-electron chi connectivity index (χ0n) is 11.9. The topological polar surface area (TPSA) is 27.7 Å². The van der Waals surface area contributed by atoms with Gasteiger partial charge in [-0.2, -0.15) is 0 Å². The molecular formula is C16H22O3. The van der Waals surface area contributed by atoms with Crippen LogP contribution in [-0.2, 0) is 17.8 Å². The number of methoxy groups -OCH3 is 2. The zero-order chi connectivity index (χ0) is 14.1. The van der Waals surface area contributed by atoms with Crippen LogP contribution in [0.3, 0.4) is 0 Å². The van der Waals surface area contributed by atoms with Gasteiger partial charge in [-0.3, -0.25) is 0 Å². The lowest BCUT2D eigenvalue weighted by atomic mass is 10.0. The van der Waals surface area contributed by atoms with Crippen molar-refractivity contribution in [2.75, 3.05) is 20.8 Å². The van der Waals surface area contributed by atoms with Gasteiger partial charge in [0.25, 0.3) is 0 Å². The van der Waals surface area contributed by atoms with Crippen molar-refractivity contribution in [2.45, 2.75) is 20.0 Å². The maximum atomic E-state index is 5.52. The third kappa shape index (κ3) is 4.45. The second-order valence-corrected chi connectivity index (χ2v) is 4.05. The summed E-state index contributed by atoms with van der Waals surface area (Å²) in [5.74, 6) is 1.47. The highest BCUT2D eigenvalue weighted by atomic mass is 16.5. The predicted octanol–water partition coefficient (Wildman–Crippen LogP) is 3.53. The molecule has 1 rings (SSSR count). The van der Waals surface area contributed by atoms with E-state index in [2.05, 4.69) is 12.7 Å². The quantitative estimate of drug-likeness (QED) is 0.530. The van der Waals surface area contributed by atoms with Crippen LogP contribution >= 0.6 is 0 Å². The molecule has 0 aliphatic heterocycles. The minimum Gasteiger partial charge on any atom is -0.493 e. The smallest absolute Gasteiger partial charge is 0.161 e. The van der Waals surface area contributed by atoms with Crippen LogP contribution in [0, 0.1) is 0 Å². The zero-order valence-corrected chi connectivity index (χ0v) is 11.9. The normalized spacial score (nSPS) is 10.7. The molecule has 0 saturated heterocycles. The second kappa shape index (κ2) is 8.38. The van der Waals surface area contributed by atoms with Crippen LogP contribution in [0.1, 0.15) is 18.1 Å². The highest BCUT2D eigenvalue weighted by molar-refractivity contribution is 5.47. The Morgan fingerprint density at radius 2 is 1.74 bits per heavy atom. The summed E-state index contributed by atoms with van der Waals surface area (Å²) in [6, 6.07) is 3.98. The number of rotatable bonds is 8. The van der Waals surface area contributed by atoms with E-state index in [4.69, 9.17) is 14.2 Å². The van der Waals surface area contributed by atoms with Crippen LogP contribution in [0.2, 0.25) is 0 Å². The van der Waals surface area contributed by atoms with Gasteiger partial charge in [0, 0.05) is 0 Å². The van der Waals surface area contributed by atoms with Gasteiger partial charge in [-0.15, -0.1) is 6.58 Å². The average Bonchev–Trinajstić information content (AvgIpc) is 2.45. The molecule has 0 spiro atoms. The van der Waals surface area contributed by atoms with Crippen molar-refractivity contribution in [3.05, 3.63) is 48.1 Å². The Labute approximate surface area is 115 Å². The fraction of sp³-hybridized carbons (Fsp3) is 0.375. The minimum atomic E-state index is 0.539. The molecule has 0 aromatic heterocycles. The largest absolute Gasteiger partial charge is 0.493 e. The molecule has 0 aliphatic carbocycles. The summed E-state index contributed by atoms with van der Waals surface area (Å²) in [4.78, 5) is 0. The van der Waals surface area contributed by atoms with Gasteiger partial charge in [0.15, 0.2) is 11.5 Å². The summed E-state index contributed by atoms with van der Waals surface area (Å²) in [5, 5.41) is 0. The molecule has 1 aromatic rings. The highest BCUT2D eigenvalue weighted by Gasteiger charge is 2.10. The van der Waals surface area contributed by atoms with Crippen molar-refractivity contribution in [1.82, 2.24) is 0 Å². The van der Waals surface area contributed by atoms with Gasteiger partial charge >= 0.3 is 0 Å². The van der Waals surface area contributed by atoms with Gasteiger partial charge in [0.2, 0.25) is 0 Å². The highest BCUT2D eigenvalue weighted by Crippen LogP contribution is 2.31. The average molecular weight is 262 g/mol. The maximum Gasteiger partial charge on any atom is 0.161 e. The van der Waals surface area contributed by atoms with Crippen LogP contribution in [0.5, 0.6) is 11.5 Å². The van der Waals surface area contributed by atoms with E-state index in [0.29, 0.717) is 13.2 Å². The lowest BCUT2D eigenvalue weighted by Gasteiger charge is -2.14. The number of hydrogen-bond donors (Lipinski definition) is 0. The first-order valence-electron chi connectivity index (χ1n) is 6.30. The van der Waals surface area contributed by atoms with E-state index in [0.717, 1.165) is 23.5 Å². The van der Waals surface area contributed by atoms with Gasteiger partial charge in [-0.05, 0) is 36.6 Å². The van der Waals surface area contributed by atoms with Crippen LogP contribution < -0.4 is 9.47 Å². The molecule has 3 nitrogen and oxygen atoms in total. The molecule has 0 radical (unpaired) electrons. The molecule has 0 saturated carbocycles. The fourth-order valence-corrected chi connectivity index (χ4v) is 1.78. The summed E-state index contributed by atoms with van der Waals surface area (Å²) in [7, 11) is 3.28. The fourth-order valence-electron chi connectivity index (χ4n) is 1.78. The monoisotopic (exact) mass is 262 g/mol. The van der Waals surface area contributed by atoms with Crippen molar-refractivity contribution < 1.29 is 14.2 Å². The third-order valence-corrected chi connectivity index (χ3v) is 2.77. The molecule has 0 fully saturated rings. The maximum absolute atomic E-state index is 5.52. The van der Waals surface area contributed by atoms with E-state index in [9.17, 15) is 0 Å². The molecule has 0 unspecified atom stereocenters. The molecule has 1 aromatic carbocycles. The van der Waals surface area contributed by atoms with Crippen molar-refractivity contribution in [3.8, 4) is 11.5 Å². The summed E-state index contributed by atoms with van der Waals surface area (Å²) < 4.78 is 16.2. The SMILES string of the molecule is C=CCOCc1cc(OC)c(OC)cc1C/C=C/C. The van der Waals surface area contributed by atoms with Crippen molar-refractivity contribution >= 4 is 0 Å². The lowest BCUT2D eigenvalue weighted by Crippen LogP contribution is -2.01. The summed E-state index contributed by atoms with van der Waals surface area (Å²) >= 11 is 0. The van der Waals surface area contributed by atoms with Crippen LogP contribution in [0.25, 0.3) is 0 Å². The van der Waals surface area contributed by atoms with E-state index in [1.165, 1.54) is 5.56 Å². The molecule has 0 heterocycles. The Bertz CT molecular complexity index is 436. The van der Waals surface area contributed by atoms with Gasteiger partial charge in [0.1, 0.15) is 0 Å². The first kappa shape index (κ1) is 15.3. The second-order valence-electron chi connectivity index (χ2n) is 4.05. The molecule has 19 heavy (non-hydrogen) atoms. The van der Waals surface area contributed by atoms with Gasteiger partial charge in [-0.25, -0.2) is 0 Å². The van der Waals surface area contributed by atoms with E-state index in [1.807, 2.05) is 25.1 Å². The van der Waals surface area contributed by atoms with Crippen molar-refractivity contribution in [2.24, 2.45) is 0 Å². The summed E-state index contributed by atoms with van der Waals surface area (Å²) in [6.45, 7) is 6.73. The molecule has 0 bridgehead atoms. The summed E-state index contributed by atoms with van der Waals surface area (Å²) in [6.07, 6.45) is 6.74. The first-order chi connectivity index (χ1) is 9.26. The van der Waals surface area contributed by atoms with E-state index in [-0.39, 0.29) is 0 Å². The molecule has 0 amide bonds. The molecule has 104 valence electrons. The summed E-state index contributed by atoms with van der Waals surface area (Å²) in [5.41, 5.74) is 2.29. The number of ether oxygens (including phenoxy) is 3. The van der Waals surface area contributed by atoms with E-state index >= 15 is 0 Å².